The summed E-state index contributed by atoms with van der Waals surface area (Å²) in [5, 5.41) is 13.1. The highest BCUT2D eigenvalue weighted by atomic mass is 32.2. The van der Waals surface area contributed by atoms with Crippen molar-refractivity contribution in [2.75, 3.05) is 5.75 Å². The molecular formula is C28H33N3O6S. The first kappa shape index (κ1) is 27.8. The van der Waals surface area contributed by atoms with Crippen molar-refractivity contribution in [3.8, 4) is 0 Å². The lowest BCUT2D eigenvalue weighted by Crippen LogP contribution is -2.35. The highest BCUT2D eigenvalue weighted by molar-refractivity contribution is 7.99. The lowest BCUT2D eigenvalue weighted by atomic mass is 10.0. The monoisotopic (exact) mass is 539 g/mol. The van der Waals surface area contributed by atoms with Gasteiger partial charge in [0.1, 0.15) is 0 Å². The molecule has 0 aliphatic carbocycles. The van der Waals surface area contributed by atoms with Gasteiger partial charge in [0, 0.05) is 50.6 Å². The molecule has 1 aromatic heterocycles. The van der Waals surface area contributed by atoms with Crippen molar-refractivity contribution in [2.24, 2.45) is 7.05 Å². The molecule has 0 saturated carbocycles. The van der Waals surface area contributed by atoms with Gasteiger partial charge in [0.05, 0.1) is 18.8 Å². The molecule has 0 unspecified atom stereocenters. The molecule has 0 spiro atoms. The number of rotatable bonds is 10. The van der Waals surface area contributed by atoms with E-state index in [0.717, 1.165) is 33.2 Å². The molecule has 1 saturated heterocycles. The Bertz CT molecular complexity index is 1210. The van der Waals surface area contributed by atoms with Crippen molar-refractivity contribution in [3.63, 3.8) is 0 Å². The average molecular weight is 540 g/mol. The van der Waals surface area contributed by atoms with Crippen molar-refractivity contribution in [2.45, 2.75) is 63.2 Å². The molecule has 1 aliphatic rings. The molecule has 2 N–H and O–H groups in total. The van der Waals surface area contributed by atoms with Crippen LogP contribution in [-0.4, -0.2) is 44.5 Å². The van der Waals surface area contributed by atoms with Crippen LogP contribution in [0.2, 0.25) is 0 Å². The van der Waals surface area contributed by atoms with E-state index in [1.807, 2.05) is 66.3 Å². The Labute approximate surface area is 226 Å². The number of esters is 1. The summed E-state index contributed by atoms with van der Waals surface area (Å²) >= 11 is 1.65. The van der Waals surface area contributed by atoms with Crippen molar-refractivity contribution in [3.05, 3.63) is 83.2 Å². The first-order chi connectivity index (χ1) is 18.3. The molecule has 0 radical (unpaired) electrons. The maximum Gasteiger partial charge on any atom is 0.303 e. The number of nitrogens with zero attached hydrogens (tertiary/aromatic N) is 2. The van der Waals surface area contributed by atoms with Crippen molar-refractivity contribution >= 4 is 23.6 Å². The molecule has 9 nitrogen and oxygen atoms in total. The first-order valence-corrected chi connectivity index (χ1v) is 13.5. The molecule has 2 aromatic carbocycles. The van der Waals surface area contributed by atoms with Crippen molar-refractivity contribution in [1.82, 2.24) is 14.9 Å². The average Bonchev–Trinajstić information content (AvgIpc) is 3.34. The summed E-state index contributed by atoms with van der Waals surface area (Å²) in [5.41, 5.74) is 3.65. The molecule has 2 heterocycles. The standard InChI is InChI=1S/C28H33N3O6S/c1-18(35-19(2)33)26(34)30-15-20-4-10-23(11-5-20)27-36-24(17-38-28-29-12-13-31(28)3)14-25(37-27)22-8-6-21(16-32)7-9-22/h4-13,18,24-25,27,32H,14-17H2,1-3H3,(H,30,34)/t18-,24+,25-,27-/m0/s1. The van der Waals surface area contributed by atoms with Gasteiger partial charge in [-0.1, -0.05) is 60.3 Å². The lowest BCUT2D eigenvalue weighted by Gasteiger charge is -2.36. The van der Waals surface area contributed by atoms with Gasteiger partial charge in [0.25, 0.3) is 5.91 Å². The van der Waals surface area contributed by atoms with Crippen LogP contribution in [0.4, 0.5) is 0 Å². The van der Waals surface area contributed by atoms with Crippen LogP contribution in [0.5, 0.6) is 0 Å². The zero-order valence-electron chi connectivity index (χ0n) is 21.7. The van der Waals surface area contributed by atoms with Crippen molar-refractivity contribution in [1.29, 1.82) is 0 Å². The summed E-state index contributed by atoms with van der Waals surface area (Å²) in [6, 6.07) is 15.5. The van der Waals surface area contributed by atoms with E-state index in [1.54, 1.807) is 18.0 Å². The summed E-state index contributed by atoms with van der Waals surface area (Å²) in [7, 11) is 1.97. The predicted molar refractivity (Wildman–Crippen MR) is 142 cm³/mol. The van der Waals surface area contributed by atoms with Crippen LogP contribution < -0.4 is 5.32 Å². The smallest absolute Gasteiger partial charge is 0.303 e. The number of hydrogen-bond donors (Lipinski definition) is 2. The Morgan fingerprint density at radius 2 is 1.82 bits per heavy atom. The Morgan fingerprint density at radius 3 is 2.45 bits per heavy atom. The summed E-state index contributed by atoms with van der Waals surface area (Å²) < 4.78 is 19.7. The molecular weight excluding hydrogens is 506 g/mol. The quantitative estimate of drug-likeness (QED) is 0.296. The number of hydrogen-bond acceptors (Lipinski definition) is 8. The summed E-state index contributed by atoms with van der Waals surface area (Å²) in [5.74, 6) is -0.129. The van der Waals surface area contributed by atoms with Gasteiger partial charge in [-0.2, -0.15) is 0 Å². The Hall–Kier alpha value is -3.18. The van der Waals surface area contributed by atoms with E-state index in [0.29, 0.717) is 13.0 Å². The van der Waals surface area contributed by atoms with Gasteiger partial charge in [-0.3, -0.25) is 9.59 Å². The van der Waals surface area contributed by atoms with Crippen LogP contribution in [0.15, 0.2) is 66.1 Å². The summed E-state index contributed by atoms with van der Waals surface area (Å²) in [6.45, 7) is 3.11. The third-order valence-electron chi connectivity index (χ3n) is 6.22. The van der Waals surface area contributed by atoms with Gasteiger partial charge < -0.3 is 29.2 Å². The molecule has 1 aliphatic heterocycles. The highest BCUT2D eigenvalue weighted by Gasteiger charge is 2.32. The fraction of sp³-hybridized carbons (Fsp3) is 0.393. The fourth-order valence-corrected chi connectivity index (χ4v) is 5.06. The maximum absolute atomic E-state index is 12.1. The topological polar surface area (TPSA) is 112 Å². The number of carbonyl (C=O) groups is 2. The van der Waals surface area contributed by atoms with Gasteiger partial charge in [-0.15, -0.1) is 0 Å². The van der Waals surface area contributed by atoms with Crippen LogP contribution in [0.3, 0.4) is 0 Å². The van der Waals surface area contributed by atoms with Gasteiger partial charge in [-0.05, 0) is 23.6 Å². The van der Waals surface area contributed by atoms with E-state index in [1.165, 1.54) is 13.8 Å². The van der Waals surface area contributed by atoms with Crippen molar-refractivity contribution < 1.29 is 28.9 Å². The largest absolute Gasteiger partial charge is 0.453 e. The Kier molecular flexibility index (Phi) is 9.57. The van der Waals surface area contributed by atoms with E-state index < -0.39 is 18.4 Å². The third kappa shape index (κ3) is 7.44. The predicted octanol–water partition coefficient (Wildman–Crippen LogP) is 3.82. The van der Waals surface area contributed by atoms with Gasteiger partial charge in [-0.25, -0.2) is 4.98 Å². The number of amides is 1. The summed E-state index contributed by atoms with van der Waals surface area (Å²) in [4.78, 5) is 27.6. The summed E-state index contributed by atoms with van der Waals surface area (Å²) in [6.07, 6.45) is 2.74. The second-order valence-electron chi connectivity index (χ2n) is 9.19. The second-order valence-corrected chi connectivity index (χ2v) is 10.2. The first-order valence-electron chi connectivity index (χ1n) is 12.5. The van der Waals surface area contributed by atoms with Gasteiger partial charge in [0.2, 0.25) is 0 Å². The number of aryl methyl sites for hydroxylation is 1. The maximum atomic E-state index is 12.1. The van der Waals surface area contributed by atoms with E-state index >= 15 is 0 Å². The molecule has 202 valence electrons. The lowest BCUT2D eigenvalue weighted by molar-refractivity contribution is -0.245. The highest BCUT2D eigenvalue weighted by Crippen LogP contribution is 2.39. The van der Waals surface area contributed by atoms with Crippen LogP contribution in [-0.2, 0) is 44.0 Å². The van der Waals surface area contributed by atoms with E-state index in [-0.39, 0.29) is 24.7 Å². The number of thioether (sulfide) groups is 1. The number of aromatic nitrogens is 2. The fourth-order valence-electron chi connectivity index (χ4n) is 4.11. The van der Waals surface area contributed by atoms with Crippen LogP contribution >= 0.6 is 11.8 Å². The minimum absolute atomic E-state index is 0.00403. The number of nitrogens with one attached hydrogen (secondary N) is 1. The number of carbonyl (C=O) groups excluding carboxylic acids is 2. The van der Waals surface area contributed by atoms with Crippen LogP contribution in [0.25, 0.3) is 0 Å². The second kappa shape index (κ2) is 13.1. The van der Waals surface area contributed by atoms with E-state index in [9.17, 15) is 14.7 Å². The Morgan fingerprint density at radius 1 is 1.13 bits per heavy atom. The van der Waals surface area contributed by atoms with E-state index in [2.05, 4.69) is 10.3 Å². The zero-order valence-corrected chi connectivity index (χ0v) is 22.5. The molecule has 3 aromatic rings. The number of aliphatic hydroxyl groups is 1. The minimum Gasteiger partial charge on any atom is -0.453 e. The number of aliphatic hydroxyl groups excluding tert-OH is 1. The van der Waals surface area contributed by atoms with Gasteiger partial charge in [0.15, 0.2) is 17.6 Å². The number of benzene rings is 2. The van der Waals surface area contributed by atoms with E-state index in [4.69, 9.17) is 14.2 Å². The number of ether oxygens (including phenoxy) is 3. The van der Waals surface area contributed by atoms with Gasteiger partial charge >= 0.3 is 5.97 Å². The van der Waals surface area contributed by atoms with Crippen LogP contribution in [0.1, 0.15) is 54.9 Å². The molecule has 1 amide bonds. The van der Waals surface area contributed by atoms with Crippen LogP contribution in [0, 0.1) is 0 Å². The molecule has 0 bridgehead atoms. The SMILES string of the molecule is CC(=O)O[C@@H](C)C(=O)NCc1ccc([C@H]2O[C@@H](CSc3nccn3C)C[C@@H](c3ccc(CO)cc3)O2)cc1. The third-order valence-corrected chi connectivity index (χ3v) is 7.41. The molecule has 10 heteroatoms. The normalized spacial score (nSPS) is 20.1. The molecule has 4 rings (SSSR count). The molecule has 1 fully saturated rings. The Balaban J connectivity index is 1.44. The molecule has 38 heavy (non-hydrogen) atoms. The molecule has 4 atom stereocenters. The number of imidazole rings is 1. The zero-order chi connectivity index (χ0) is 27.1. The minimum atomic E-state index is -0.847.